The number of benzene rings is 1. The molecule has 3 N–H and O–H groups in total. The van der Waals surface area contributed by atoms with Crippen LogP contribution in [0.15, 0.2) is 42.9 Å². The predicted molar refractivity (Wildman–Crippen MR) is 118 cm³/mol. The Morgan fingerprint density at radius 3 is 2.64 bits per heavy atom. The Balaban J connectivity index is 0.00000196. The van der Waals surface area contributed by atoms with E-state index >= 15 is 0 Å². The van der Waals surface area contributed by atoms with E-state index < -0.39 is 6.04 Å². The Kier molecular flexibility index (Phi) is 11.2. The molecule has 1 aliphatic rings. The lowest BCUT2D eigenvalue weighted by Crippen LogP contribution is -2.42. The first-order valence-corrected chi connectivity index (χ1v) is 9.78. The average Bonchev–Trinajstić information content (AvgIpc) is 3.31. The molecule has 1 aromatic carbocycles. The van der Waals surface area contributed by atoms with Crippen LogP contribution in [-0.4, -0.2) is 28.0 Å². The van der Waals surface area contributed by atoms with Gasteiger partial charge in [-0.05, 0) is 24.3 Å². The molecule has 0 saturated heterocycles. The zero-order valence-electron chi connectivity index (χ0n) is 16.3. The third-order valence-electron chi connectivity index (χ3n) is 5.22. The number of carbonyl (C=O) groups excluding carboxylic acids is 1. The number of amides is 1. The minimum atomic E-state index is -0.540. The lowest BCUT2D eigenvalue weighted by atomic mass is 10.0. The second kappa shape index (κ2) is 12.8. The van der Waals surface area contributed by atoms with E-state index in [-0.39, 0.29) is 30.7 Å². The van der Waals surface area contributed by atoms with E-state index in [1.807, 2.05) is 29.0 Å². The maximum atomic E-state index is 12.2. The molecular formula is C21H32Cl2N4O. The number of carbonyl (C=O) groups is 1. The zero-order chi connectivity index (χ0) is 18.2. The van der Waals surface area contributed by atoms with Crippen LogP contribution in [0, 0.1) is 5.92 Å². The maximum absolute atomic E-state index is 12.2. The number of nitrogens with two attached hydrogens (primary N) is 1. The van der Waals surface area contributed by atoms with Crippen LogP contribution in [0.25, 0.3) is 0 Å². The summed E-state index contributed by atoms with van der Waals surface area (Å²) in [4.78, 5) is 16.6. The van der Waals surface area contributed by atoms with Crippen molar-refractivity contribution in [1.29, 1.82) is 0 Å². The predicted octanol–water partition coefficient (Wildman–Crippen LogP) is 3.73. The summed E-state index contributed by atoms with van der Waals surface area (Å²) in [5, 5.41) is 2.97. The second-order valence-electron chi connectivity index (χ2n) is 7.42. The number of halogens is 2. The Morgan fingerprint density at radius 2 is 1.93 bits per heavy atom. The van der Waals surface area contributed by atoms with Crippen molar-refractivity contribution in [2.45, 2.75) is 57.5 Å². The van der Waals surface area contributed by atoms with Crippen LogP contribution in [-0.2, 0) is 17.8 Å². The molecule has 0 radical (unpaired) electrons. The van der Waals surface area contributed by atoms with Crippen LogP contribution >= 0.6 is 24.8 Å². The van der Waals surface area contributed by atoms with E-state index in [0.717, 1.165) is 31.1 Å². The van der Waals surface area contributed by atoms with Gasteiger partial charge in [0, 0.05) is 25.7 Å². The first-order valence-electron chi connectivity index (χ1n) is 9.78. The normalized spacial score (nSPS) is 14.8. The van der Waals surface area contributed by atoms with E-state index in [0.29, 0.717) is 6.42 Å². The minimum Gasteiger partial charge on any atom is -0.355 e. The number of nitrogens with one attached hydrogen (secondary N) is 1. The fourth-order valence-corrected chi connectivity index (χ4v) is 3.74. The molecular weight excluding hydrogens is 395 g/mol. The number of rotatable bonds is 9. The quantitative estimate of drug-likeness (QED) is 0.599. The van der Waals surface area contributed by atoms with Crippen LogP contribution in [0.2, 0.25) is 0 Å². The van der Waals surface area contributed by atoms with Crippen molar-refractivity contribution in [3.63, 3.8) is 0 Å². The molecule has 0 unspecified atom stereocenters. The number of aromatic nitrogens is 2. The minimum absolute atomic E-state index is 0. The van der Waals surface area contributed by atoms with Gasteiger partial charge in [-0.2, -0.15) is 0 Å². The summed E-state index contributed by atoms with van der Waals surface area (Å²) >= 11 is 0. The highest BCUT2D eigenvalue weighted by Gasteiger charge is 2.17. The van der Waals surface area contributed by atoms with Gasteiger partial charge in [0.05, 0.1) is 18.1 Å². The van der Waals surface area contributed by atoms with Gasteiger partial charge in [0.15, 0.2) is 0 Å². The summed E-state index contributed by atoms with van der Waals surface area (Å²) < 4.78 is 2.02. The maximum Gasteiger partial charge on any atom is 0.237 e. The molecule has 0 bridgehead atoms. The second-order valence-corrected chi connectivity index (χ2v) is 7.42. The van der Waals surface area contributed by atoms with Crippen LogP contribution in [0.3, 0.4) is 0 Å². The summed E-state index contributed by atoms with van der Waals surface area (Å²) in [6, 6.07) is 9.70. The molecule has 5 nitrogen and oxygen atoms in total. The SMILES string of the molecule is Cl.Cl.N[C@@H](Cc1cn(Cc2ccccc2)cn1)C(=O)NCCCC1CCCC1. The van der Waals surface area contributed by atoms with Crippen molar-refractivity contribution in [2.75, 3.05) is 6.54 Å². The van der Waals surface area contributed by atoms with Gasteiger partial charge in [-0.25, -0.2) is 4.98 Å². The van der Waals surface area contributed by atoms with E-state index in [1.54, 1.807) is 6.33 Å². The van der Waals surface area contributed by atoms with Crippen molar-refractivity contribution < 1.29 is 4.79 Å². The van der Waals surface area contributed by atoms with Crippen molar-refractivity contribution in [1.82, 2.24) is 14.9 Å². The van der Waals surface area contributed by atoms with Gasteiger partial charge in [-0.15, -0.1) is 24.8 Å². The summed E-state index contributed by atoms with van der Waals surface area (Å²) in [6.45, 7) is 1.50. The van der Waals surface area contributed by atoms with Gasteiger partial charge >= 0.3 is 0 Å². The highest BCUT2D eigenvalue weighted by molar-refractivity contribution is 5.85. The highest BCUT2D eigenvalue weighted by atomic mass is 35.5. The van der Waals surface area contributed by atoms with E-state index in [9.17, 15) is 4.79 Å². The topological polar surface area (TPSA) is 72.9 Å². The summed E-state index contributed by atoms with van der Waals surface area (Å²) in [5.74, 6) is 0.795. The van der Waals surface area contributed by atoms with Crippen LogP contribution in [0.5, 0.6) is 0 Å². The summed E-state index contributed by atoms with van der Waals surface area (Å²) in [5.41, 5.74) is 8.13. The molecule has 7 heteroatoms. The molecule has 0 spiro atoms. The molecule has 28 heavy (non-hydrogen) atoms. The third-order valence-corrected chi connectivity index (χ3v) is 5.22. The molecule has 1 amide bonds. The van der Waals surface area contributed by atoms with Crippen LogP contribution < -0.4 is 11.1 Å². The van der Waals surface area contributed by atoms with Gasteiger partial charge in [-0.3, -0.25) is 4.79 Å². The van der Waals surface area contributed by atoms with Crippen molar-refractivity contribution in [3.8, 4) is 0 Å². The summed E-state index contributed by atoms with van der Waals surface area (Å²) in [6.07, 6.45) is 12.0. The molecule has 0 aliphatic heterocycles. The largest absolute Gasteiger partial charge is 0.355 e. The van der Waals surface area contributed by atoms with E-state index in [2.05, 4.69) is 22.4 Å². The Labute approximate surface area is 180 Å². The smallest absolute Gasteiger partial charge is 0.237 e. The highest BCUT2D eigenvalue weighted by Crippen LogP contribution is 2.28. The van der Waals surface area contributed by atoms with Gasteiger partial charge in [-0.1, -0.05) is 56.0 Å². The number of imidazole rings is 1. The standard InChI is InChI=1S/C21H30N4O.2ClH/c22-20(21(26)23-12-6-11-17-7-4-5-8-17)13-19-15-25(16-24-19)14-18-9-2-1-3-10-18;;/h1-3,9-10,15-17,20H,4-8,11-14,22H2,(H,23,26);2*1H/t20-;;/m0../s1. The van der Waals surface area contributed by atoms with Gasteiger partial charge in [0.2, 0.25) is 5.91 Å². The lowest BCUT2D eigenvalue weighted by molar-refractivity contribution is -0.122. The molecule has 156 valence electrons. The molecule has 1 atom stereocenters. The molecule has 1 heterocycles. The molecule has 3 rings (SSSR count). The van der Waals surface area contributed by atoms with E-state index in [4.69, 9.17) is 5.73 Å². The molecule has 2 aromatic rings. The van der Waals surface area contributed by atoms with Gasteiger partial charge in [0.25, 0.3) is 0 Å². The van der Waals surface area contributed by atoms with Crippen molar-refractivity contribution in [3.05, 3.63) is 54.1 Å². The Morgan fingerprint density at radius 1 is 1.21 bits per heavy atom. The first kappa shape index (κ1) is 24.5. The van der Waals surface area contributed by atoms with Gasteiger partial charge < -0.3 is 15.6 Å². The molecule has 1 fully saturated rings. The molecule has 1 aromatic heterocycles. The number of hydrogen-bond donors (Lipinski definition) is 2. The monoisotopic (exact) mass is 426 g/mol. The van der Waals surface area contributed by atoms with Gasteiger partial charge in [0.1, 0.15) is 0 Å². The number of nitrogens with zero attached hydrogens (tertiary/aromatic N) is 2. The molecule has 1 aliphatic carbocycles. The average molecular weight is 427 g/mol. The first-order chi connectivity index (χ1) is 12.7. The fourth-order valence-electron chi connectivity index (χ4n) is 3.74. The summed E-state index contributed by atoms with van der Waals surface area (Å²) in [7, 11) is 0. The third kappa shape index (κ3) is 7.82. The molecule has 1 saturated carbocycles. The Bertz CT molecular complexity index is 687. The Hall–Kier alpha value is -1.56. The number of hydrogen-bond acceptors (Lipinski definition) is 3. The van der Waals surface area contributed by atoms with Crippen molar-refractivity contribution >= 4 is 30.7 Å². The lowest BCUT2D eigenvalue weighted by Gasteiger charge is -2.12. The van der Waals surface area contributed by atoms with E-state index in [1.165, 1.54) is 37.7 Å². The van der Waals surface area contributed by atoms with Crippen LogP contribution in [0.1, 0.15) is 49.8 Å². The van der Waals surface area contributed by atoms with Crippen molar-refractivity contribution in [2.24, 2.45) is 11.7 Å². The fraction of sp³-hybridized carbons (Fsp3) is 0.524. The van der Waals surface area contributed by atoms with Crippen LogP contribution in [0.4, 0.5) is 0 Å². The zero-order valence-corrected chi connectivity index (χ0v) is 17.9.